The molecule has 11 nitrogen and oxygen atoms in total. The van der Waals surface area contributed by atoms with E-state index < -0.39 is 10.9 Å². The van der Waals surface area contributed by atoms with E-state index in [4.69, 9.17) is 14.2 Å². The molecule has 0 atom stereocenters. The van der Waals surface area contributed by atoms with Crippen LogP contribution in [0.2, 0.25) is 0 Å². The zero-order valence-corrected chi connectivity index (χ0v) is 31.8. The lowest BCUT2D eigenvalue weighted by atomic mass is 10.0. The van der Waals surface area contributed by atoms with Crippen molar-refractivity contribution in [1.82, 2.24) is 0 Å². The minimum atomic E-state index is -0.518. The molecule has 0 spiro atoms. The zero-order chi connectivity index (χ0) is 40.6. The Labute approximate surface area is 331 Å². The molecule has 6 aromatic carbocycles. The summed E-state index contributed by atoms with van der Waals surface area (Å²) in [6.07, 6.45) is -0.0436. The fourth-order valence-corrected chi connectivity index (χ4v) is 5.70. The van der Waals surface area contributed by atoms with E-state index in [2.05, 4.69) is 10.1 Å². The molecule has 0 aromatic heterocycles. The highest BCUT2D eigenvalue weighted by Gasteiger charge is 2.18. The molecule has 6 aromatic rings. The number of carbonyl (C=O) groups excluding carboxylic acids is 3. The highest BCUT2D eigenvalue weighted by atomic mass is 16.6. The number of rotatable bonds is 14. The van der Waals surface area contributed by atoms with Gasteiger partial charge in [0.1, 0.15) is 24.7 Å². The van der Waals surface area contributed by atoms with E-state index in [9.17, 15) is 24.5 Å². The number of nitrogens with one attached hydrogen (secondary N) is 1. The Morgan fingerprint density at radius 2 is 0.982 bits per heavy atom. The van der Waals surface area contributed by atoms with Gasteiger partial charge >= 0.3 is 11.9 Å². The summed E-state index contributed by atoms with van der Waals surface area (Å²) in [5.74, 6) is 0.421. The maximum atomic E-state index is 11.6. The van der Waals surface area contributed by atoms with E-state index in [0.29, 0.717) is 41.3 Å². The van der Waals surface area contributed by atoms with Crippen LogP contribution in [-0.2, 0) is 49.9 Å². The van der Waals surface area contributed by atoms with Gasteiger partial charge in [0.15, 0.2) is 0 Å². The summed E-state index contributed by atoms with van der Waals surface area (Å²) >= 11 is 0. The van der Waals surface area contributed by atoms with Crippen molar-refractivity contribution in [3.8, 4) is 33.8 Å². The Kier molecular flexibility index (Phi) is 14.7. The summed E-state index contributed by atoms with van der Waals surface area (Å²) in [5.41, 5.74) is 7.13. The van der Waals surface area contributed by atoms with Crippen molar-refractivity contribution in [2.45, 2.75) is 33.0 Å². The molecule has 1 amide bonds. The van der Waals surface area contributed by atoms with Crippen molar-refractivity contribution >= 4 is 29.2 Å². The molecule has 0 bridgehead atoms. The van der Waals surface area contributed by atoms with Crippen LogP contribution >= 0.6 is 0 Å². The van der Waals surface area contributed by atoms with Gasteiger partial charge < -0.3 is 24.3 Å². The third-order valence-corrected chi connectivity index (χ3v) is 8.70. The molecule has 57 heavy (non-hydrogen) atoms. The first-order valence-corrected chi connectivity index (χ1v) is 18.0. The van der Waals surface area contributed by atoms with Crippen LogP contribution in [0, 0.1) is 10.1 Å². The highest BCUT2D eigenvalue weighted by molar-refractivity contribution is 5.91. The second-order valence-electron chi connectivity index (χ2n) is 12.8. The van der Waals surface area contributed by atoms with Crippen molar-refractivity contribution in [3.63, 3.8) is 0 Å². The van der Waals surface area contributed by atoms with Crippen molar-refractivity contribution < 1.29 is 38.3 Å². The van der Waals surface area contributed by atoms with Crippen LogP contribution in [0.5, 0.6) is 11.5 Å². The molecule has 0 saturated carbocycles. The lowest BCUT2D eigenvalue weighted by Gasteiger charge is -2.12. The Morgan fingerprint density at radius 1 is 0.561 bits per heavy atom. The maximum absolute atomic E-state index is 11.6. The summed E-state index contributed by atoms with van der Waals surface area (Å²) in [5, 5.41) is 14.2. The number of hydrogen-bond donors (Lipinski definition) is 1. The first kappa shape index (κ1) is 40.9. The predicted molar refractivity (Wildman–Crippen MR) is 218 cm³/mol. The van der Waals surface area contributed by atoms with E-state index in [0.717, 1.165) is 33.6 Å². The van der Waals surface area contributed by atoms with Gasteiger partial charge in [0, 0.05) is 24.2 Å². The molecular weight excluding hydrogens is 725 g/mol. The average Bonchev–Trinajstić information content (AvgIpc) is 3.24. The molecule has 0 aliphatic rings. The van der Waals surface area contributed by atoms with Gasteiger partial charge in [0.25, 0.3) is 5.69 Å². The number of benzene rings is 6. The van der Waals surface area contributed by atoms with Crippen LogP contribution in [0.3, 0.4) is 0 Å². The van der Waals surface area contributed by atoms with Crippen molar-refractivity contribution in [1.29, 1.82) is 0 Å². The van der Waals surface area contributed by atoms with Gasteiger partial charge in [-0.05, 0) is 69.3 Å². The molecule has 0 heterocycles. The molecule has 290 valence electrons. The zero-order valence-electron chi connectivity index (χ0n) is 31.8. The fourth-order valence-electron chi connectivity index (χ4n) is 5.70. The van der Waals surface area contributed by atoms with Crippen molar-refractivity contribution in [2.75, 3.05) is 19.5 Å². The SMILES string of the molecule is COC(=O)Cc1ccc(-c2ccc(OCc3ccccc3)cc2)cc1NC(C)=O.COC(=O)Cc1ccc(-c2ccc(OCc3ccccc3)cc2)cc1[N+](=O)[O-]. The smallest absolute Gasteiger partial charge is 0.310 e. The van der Waals surface area contributed by atoms with E-state index in [1.807, 2.05) is 127 Å². The molecule has 0 aliphatic heterocycles. The second kappa shape index (κ2) is 20.4. The summed E-state index contributed by atoms with van der Waals surface area (Å²) < 4.78 is 20.9. The van der Waals surface area contributed by atoms with Crippen molar-refractivity contribution in [2.24, 2.45) is 0 Å². The molecule has 0 saturated heterocycles. The van der Waals surface area contributed by atoms with Crippen LogP contribution < -0.4 is 14.8 Å². The van der Waals surface area contributed by atoms with Gasteiger partial charge in [-0.25, -0.2) is 0 Å². The number of nitro benzene ring substituents is 1. The normalized spacial score (nSPS) is 10.3. The first-order valence-electron chi connectivity index (χ1n) is 18.0. The number of esters is 2. The Hall–Kier alpha value is -7.27. The average molecular weight is 767 g/mol. The third-order valence-electron chi connectivity index (χ3n) is 8.70. The Balaban J connectivity index is 0.000000218. The number of ether oxygens (including phenoxy) is 4. The lowest BCUT2D eigenvalue weighted by molar-refractivity contribution is -0.385. The first-order chi connectivity index (χ1) is 27.6. The lowest BCUT2D eigenvalue weighted by Crippen LogP contribution is -2.11. The van der Waals surface area contributed by atoms with Crippen LogP contribution in [0.1, 0.15) is 29.2 Å². The minimum Gasteiger partial charge on any atom is -0.489 e. The molecule has 0 aliphatic carbocycles. The topological polar surface area (TPSA) is 143 Å². The number of anilines is 1. The van der Waals surface area contributed by atoms with Crippen LogP contribution in [0.25, 0.3) is 22.3 Å². The number of amides is 1. The Morgan fingerprint density at radius 3 is 1.42 bits per heavy atom. The molecule has 11 heteroatoms. The number of nitrogens with zero attached hydrogens (tertiary/aromatic N) is 1. The molecular formula is C46H42N2O9. The Bertz CT molecular complexity index is 2280. The van der Waals surface area contributed by atoms with E-state index in [1.165, 1.54) is 27.2 Å². The summed E-state index contributed by atoms with van der Waals surface area (Å²) in [6.45, 7) is 2.41. The number of carbonyl (C=O) groups is 3. The third kappa shape index (κ3) is 12.4. The van der Waals surface area contributed by atoms with Gasteiger partial charge in [-0.1, -0.05) is 109 Å². The number of methoxy groups -OCH3 is 2. The van der Waals surface area contributed by atoms with E-state index in [1.54, 1.807) is 12.1 Å². The standard InChI is InChI=1S/C24H23NO4.C22H19NO5/c1-17(26)25-23-14-20(8-9-21(23)15-24(27)28-2)19-10-12-22(13-11-19)29-16-18-6-4-3-5-7-18;1-27-22(24)14-19-8-7-18(13-21(19)23(25)26)17-9-11-20(12-10-17)28-15-16-5-3-2-4-6-16/h3-14H,15-16H2,1-2H3,(H,25,26);2-13H,14-15H2,1H3. The predicted octanol–water partition coefficient (Wildman–Crippen LogP) is 9.16. The van der Waals surface area contributed by atoms with Gasteiger partial charge in [-0.15, -0.1) is 0 Å². The monoisotopic (exact) mass is 766 g/mol. The van der Waals surface area contributed by atoms with Gasteiger partial charge in [-0.2, -0.15) is 0 Å². The van der Waals surface area contributed by atoms with Crippen LogP contribution in [0.4, 0.5) is 11.4 Å². The fraction of sp³-hybridized carbons (Fsp3) is 0.152. The van der Waals surface area contributed by atoms with Crippen LogP contribution in [0.15, 0.2) is 146 Å². The molecule has 6 rings (SSSR count). The van der Waals surface area contributed by atoms with Crippen molar-refractivity contribution in [3.05, 3.63) is 178 Å². The van der Waals surface area contributed by atoms with Gasteiger partial charge in [-0.3, -0.25) is 24.5 Å². The van der Waals surface area contributed by atoms with Crippen LogP contribution in [-0.4, -0.2) is 37.0 Å². The van der Waals surface area contributed by atoms with E-state index in [-0.39, 0.29) is 30.4 Å². The second-order valence-corrected chi connectivity index (χ2v) is 12.8. The summed E-state index contributed by atoms with van der Waals surface area (Å²) in [4.78, 5) is 45.5. The molecule has 0 radical (unpaired) electrons. The summed E-state index contributed by atoms with van der Waals surface area (Å²) in [6, 6.07) is 45.4. The number of hydrogen-bond acceptors (Lipinski definition) is 9. The quantitative estimate of drug-likeness (QED) is 0.0652. The molecule has 1 N–H and O–H groups in total. The number of nitro groups is 1. The van der Waals surface area contributed by atoms with E-state index >= 15 is 0 Å². The largest absolute Gasteiger partial charge is 0.489 e. The molecule has 0 fully saturated rings. The van der Waals surface area contributed by atoms with Gasteiger partial charge in [0.2, 0.25) is 5.91 Å². The molecule has 0 unspecified atom stereocenters. The van der Waals surface area contributed by atoms with Gasteiger partial charge in [0.05, 0.1) is 32.0 Å². The maximum Gasteiger partial charge on any atom is 0.310 e. The summed E-state index contributed by atoms with van der Waals surface area (Å²) in [7, 11) is 2.60. The minimum absolute atomic E-state index is 0.0959. The highest BCUT2D eigenvalue weighted by Crippen LogP contribution is 2.30.